The van der Waals surface area contributed by atoms with Crippen molar-refractivity contribution in [2.75, 3.05) is 25.5 Å². The molecule has 5 heteroatoms. The lowest BCUT2D eigenvalue weighted by Gasteiger charge is -2.22. The van der Waals surface area contributed by atoms with E-state index < -0.39 is 0 Å². The smallest absolute Gasteiger partial charge is 0.252 e. The molecule has 0 radical (unpaired) electrons. The molecule has 1 heterocycles. The number of halogens is 1. The first-order valence-corrected chi connectivity index (χ1v) is 9.02. The van der Waals surface area contributed by atoms with E-state index in [1.54, 1.807) is 11.8 Å². The van der Waals surface area contributed by atoms with Gasteiger partial charge in [0.2, 0.25) is 0 Å². The van der Waals surface area contributed by atoms with Crippen LogP contribution < -0.4 is 5.32 Å². The molecule has 2 aromatic carbocycles. The van der Waals surface area contributed by atoms with Gasteiger partial charge in [0.05, 0.1) is 5.69 Å². The number of amides is 1. The number of hydrogen-bond donors (Lipinski definition) is 1. The summed E-state index contributed by atoms with van der Waals surface area (Å²) in [5, 5.41) is 3.77. The summed E-state index contributed by atoms with van der Waals surface area (Å²) in [6.45, 7) is 1.69. The molecule has 1 amide bonds. The Morgan fingerprint density at radius 2 is 1.92 bits per heavy atom. The van der Waals surface area contributed by atoms with Crippen LogP contribution in [-0.4, -0.2) is 30.9 Å². The van der Waals surface area contributed by atoms with Gasteiger partial charge < -0.3 is 10.2 Å². The summed E-state index contributed by atoms with van der Waals surface area (Å²) in [6.07, 6.45) is 2.95. The third kappa shape index (κ3) is 4.41. The lowest BCUT2D eigenvalue weighted by Crippen LogP contribution is -2.31. The summed E-state index contributed by atoms with van der Waals surface area (Å²) < 4.78 is 0. The van der Waals surface area contributed by atoms with Gasteiger partial charge in [-0.2, -0.15) is 0 Å². The van der Waals surface area contributed by atoms with Crippen molar-refractivity contribution in [3.8, 4) is 0 Å². The largest absolute Gasteiger partial charge is 0.321 e. The second-order valence-electron chi connectivity index (χ2n) is 5.76. The first-order chi connectivity index (χ1) is 11.6. The molecule has 0 fully saturated rings. The van der Waals surface area contributed by atoms with Crippen molar-refractivity contribution in [1.82, 2.24) is 4.90 Å². The standard InChI is InChI=1S/C19H19ClN2OS/c1-22-12-4-5-14(13-22)19(23)21-17-6-2-3-7-18(17)24-16-10-8-15(20)9-11-16/h2-3,5-11H,4,12-13H2,1H3,(H,21,23). The number of likely N-dealkylation sites (N-methyl/N-ethyl adjacent to an activating group) is 1. The van der Waals surface area contributed by atoms with E-state index in [-0.39, 0.29) is 5.91 Å². The van der Waals surface area contributed by atoms with Crippen molar-refractivity contribution in [3.05, 3.63) is 65.2 Å². The first-order valence-electron chi connectivity index (χ1n) is 7.83. The van der Waals surface area contributed by atoms with Crippen LogP contribution in [0.1, 0.15) is 6.42 Å². The van der Waals surface area contributed by atoms with Gasteiger partial charge in [0, 0.05) is 33.5 Å². The molecule has 1 aliphatic rings. The normalized spacial score (nSPS) is 15.0. The highest BCUT2D eigenvalue weighted by Gasteiger charge is 2.16. The Kier molecular flexibility index (Phi) is 5.61. The molecular weight excluding hydrogens is 340 g/mol. The summed E-state index contributed by atoms with van der Waals surface area (Å²) in [6, 6.07) is 15.5. The van der Waals surface area contributed by atoms with Gasteiger partial charge >= 0.3 is 0 Å². The van der Waals surface area contributed by atoms with Gasteiger partial charge in [0.25, 0.3) is 5.91 Å². The van der Waals surface area contributed by atoms with E-state index in [1.165, 1.54) is 0 Å². The van der Waals surface area contributed by atoms with Crippen LogP contribution in [0.4, 0.5) is 5.69 Å². The lowest BCUT2D eigenvalue weighted by atomic mass is 10.1. The Hall–Kier alpha value is -1.75. The van der Waals surface area contributed by atoms with Gasteiger partial charge in [-0.1, -0.05) is 41.6 Å². The molecule has 0 spiro atoms. The number of carbonyl (C=O) groups is 1. The molecule has 1 N–H and O–H groups in total. The van der Waals surface area contributed by atoms with Crippen LogP contribution >= 0.6 is 23.4 Å². The number of benzene rings is 2. The van der Waals surface area contributed by atoms with Gasteiger partial charge in [-0.05, 0) is 49.9 Å². The second kappa shape index (κ2) is 7.88. The summed E-state index contributed by atoms with van der Waals surface area (Å²) in [4.78, 5) is 16.8. The van der Waals surface area contributed by atoms with Crippen LogP contribution in [0.15, 0.2) is 70.0 Å². The SMILES string of the molecule is CN1CCC=C(C(=O)Nc2ccccc2Sc2ccc(Cl)cc2)C1. The summed E-state index contributed by atoms with van der Waals surface area (Å²) in [7, 11) is 2.03. The Balaban J connectivity index is 1.75. The first kappa shape index (κ1) is 17.1. The number of hydrogen-bond acceptors (Lipinski definition) is 3. The number of nitrogens with one attached hydrogen (secondary N) is 1. The van der Waals surface area contributed by atoms with Gasteiger partial charge in [-0.3, -0.25) is 4.79 Å². The predicted octanol–water partition coefficient (Wildman–Crippen LogP) is 4.69. The third-order valence-corrected chi connectivity index (χ3v) is 5.15. The van der Waals surface area contributed by atoms with Crippen LogP contribution in [-0.2, 0) is 4.79 Å². The zero-order valence-corrected chi connectivity index (χ0v) is 15.0. The van der Waals surface area contributed by atoms with E-state index in [0.29, 0.717) is 11.6 Å². The molecule has 0 unspecified atom stereocenters. The lowest BCUT2D eigenvalue weighted by molar-refractivity contribution is -0.113. The average molecular weight is 359 g/mol. The molecule has 124 valence electrons. The summed E-state index contributed by atoms with van der Waals surface area (Å²) >= 11 is 7.54. The van der Waals surface area contributed by atoms with Crippen LogP contribution in [0.2, 0.25) is 5.02 Å². The minimum atomic E-state index is -0.0225. The van der Waals surface area contributed by atoms with Crippen LogP contribution in [0, 0.1) is 0 Å². The van der Waals surface area contributed by atoms with Crippen molar-refractivity contribution < 1.29 is 4.79 Å². The van der Waals surface area contributed by atoms with E-state index >= 15 is 0 Å². The summed E-state index contributed by atoms with van der Waals surface area (Å²) in [5.74, 6) is -0.0225. The minimum absolute atomic E-state index is 0.0225. The molecule has 0 saturated carbocycles. The molecule has 0 bridgehead atoms. The maximum Gasteiger partial charge on any atom is 0.252 e. The van der Waals surface area contributed by atoms with Gasteiger partial charge in [0.15, 0.2) is 0 Å². The Labute approximate surface area is 151 Å². The Morgan fingerprint density at radius 3 is 2.67 bits per heavy atom. The molecule has 0 saturated heterocycles. The predicted molar refractivity (Wildman–Crippen MR) is 101 cm³/mol. The molecular formula is C19H19ClN2OS. The van der Waals surface area contributed by atoms with Crippen LogP contribution in [0.25, 0.3) is 0 Å². The maximum atomic E-state index is 12.5. The molecule has 0 aromatic heterocycles. The molecule has 0 aliphatic carbocycles. The third-order valence-electron chi connectivity index (χ3n) is 3.81. The topological polar surface area (TPSA) is 32.3 Å². The van der Waals surface area contributed by atoms with Crippen molar-refractivity contribution in [3.63, 3.8) is 0 Å². The van der Waals surface area contributed by atoms with Crippen molar-refractivity contribution in [2.24, 2.45) is 0 Å². The number of rotatable bonds is 4. The van der Waals surface area contributed by atoms with Crippen molar-refractivity contribution in [1.29, 1.82) is 0 Å². The van der Waals surface area contributed by atoms with E-state index in [9.17, 15) is 4.79 Å². The Bertz CT molecular complexity index is 758. The fourth-order valence-electron chi connectivity index (χ4n) is 2.55. The monoisotopic (exact) mass is 358 g/mol. The molecule has 2 aromatic rings. The maximum absolute atomic E-state index is 12.5. The molecule has 24 heavy (non-hydrogen) atoms. The van der Waals surface area contributed by atoms with Gasteiger partial charge in [0.1, 0.15) is 0 Å². The van der Waals surface area contributed by atoms with Crippen molar-refractivity contribution >= 4 is 35.0 Å². The Morgan fingerprint density at radius 1 is 1.17 bits per heavy atom. The van der Waals surface area contributed by atoms with Gasteiger partial charge in [-0.25, -0.2) is 0 Å². The average Bonchev–Trinajstić information content (AvgIpc) is 2.58. The second-order valence-corrected chi connectivity index (χ2v) is 7.31. The number of carbonyl (C=O) groups excluding carboxylic acids is 1. The quantitative estimate of drug-likeness (QED) is 0.860. The van der Waals surface area contributed by atoms with Gasteiger partial charge in [-0.15, -0.1) is 0 Å². The fourth-order valence-corrected chi connectivity index (χ4v) is 3.58. The zero-order valence-electron chi connectivity index (χ0n) is 13.5. The van der Waals surface area contributed by atoms with Crippen LogP contribution in [0.5, 0.6) is 0 Å². The summed E-state index contributed by atoms with van der Waals surface area (Å²) in [5.41, 5.74) is 1.66. The van der Waals surface area contributed by atoms with Crippen molar-refractivity contribution in [2.45, 2.75) is 16.2 Å². The molecule has 0 atom stereocenters. The van der Waals surface area contributed by atoms with Crippen LogP contribution in [0.3, 0.4) is 0 Å². The highest BCUT2D eigenvalue weighted by molar-refractivity contribution is 7.99. The highest BCUT2D eigenvalue weighted by atomic mass is 35.5. The minimum Gasteiger partial charge on any atom is -0.321 e. The van der Waals surface area contributed by atoms with E-state index in [2.05, 4.69) is 10.2 Å². The zero-order chi connectivity index (χ0) is 16.9. The van der Waals surface area contributed by atoms with E-state index in [1.807, 2.05) is 61.7 Å². The highest BCUT2D eigenvalue weighted by Crippen LogP contribution is 2.34. The molecule has 1 aliphatic heterocycles. The number of anilines is 1. The fraction of sp³-hybridized carbons (Fsp3) is 0.211. The number of para-hydroxylation sites is 1. The van der Waals surface area contributed by atoms with E-state index in [4.69, 9.17) is 11.6 Å². The molecule has 3 rings (SSSR count). The number of nitrogens with zero attached hydrogens (tertiary/aromatic N) is 1. The molecule has 3 nitrogen and oxygen atoms in total. The van der Waals surface area contributed by atoms with E-state index in [0.717, 1.165) is 34.0 Å².